The van der Waals surface area contributed by atoms with Gasteiger partial charge in [-0.25, -0.2) is 8.42 Å². The van der Waals surface area contributed by atoms with Crippen LogP contribution in [-0.2, 0) is 21.1 Å². The summed E-state index contributed by atoms with van der Waals surface area (Å²) in [6.45, 7) is 5.15. The number of para-hydroxylation sites is 1. The normalized spacial score (nSPS) is 18.5. The number of aryl methyl sites for hydroxylation is 2. The number of likely N-dealkylation sites (N-methyl/N-ethyl adjacent to an activating group) is 1. The first-order valence-corrected chi connectivity index (χ1v) is 11.6. The molecule has 1 unspecified atom stereocenters. The van der Waals surface area contributed by atoms with Gasteiger partial charge in [-0.3, -0.25) is 4.79 Å². The van der Waals surface area contributed by atoms with E-state index in [-0.39, 0.29) is 23.1 Å². The number of anilines is 1. The number of benzene rings is 1. The molecular formula is C21H30N4O3S. The summed E-state index contributed by atoms with van der Waals surface area (Å²) in [4.78, 5) is 16.6. The van der Waals surface area contributed by atoms with E-state index in [2.05, 4.69) is 5.32 Å². The summed E-state index contributed by atoms with van der Waals surface area (Å²) in [6, 6.07) is 7.57. The molecule has 8 heteroatoms. The largest absolute Gasteiger partial charge is 0.371 e. The molecule has 0 saturated carbocycles. The predicted molar refractivity (Wildman–Crippen MR) is 115 cm³/mol. The zero-order valence-electron chi connectivity index (χ0n) is 17.6. The van der Waals surface area contributed by atoms with Crippen molar-refractivity contribution >= 4 is 21.4 Å². The lowest BCUT2D eigenvalue weighted by atomic mass is 10.1. The molecule has 1 aromatic rings. The highest BCUT2D eigenvalue weighted by Crippen LogP contribution is 2.23. The molecule has 0 radical (unpaired) electrons. The van der Waals surface area contributed by atoms with Crippen LogP contribution in [0.2, 0.25) is 0 Å². The SMILES string of the molecule is CCc1cccc(C)c1NC(=O)/C(C#N)=C\N(CCN(C)C)C1CCS(=O)(=O)C1. The van der Waals surface area contributed by atoms with E-state index in [0.29, 0.717) is 19.5 Å². The second kappa shape index (κ2) is 9.90. The number of nitrogens with one attached hydrogen (secondary N) is 1. The van der Waals surface area contributed by atoms with Crippen LogP contribution in [0.15, 0.2) is 30.0 Å². The van der Waals surface area contributed by atoms with Gasteiger partial charge >= 0.3 is 0 Å². The van der Waals surface area contributed by atoms with Crippen molar-refractivity contribution in [3.05, 3.63) is 41.1 Å². The van der Waals surface area contributed by atoms with Crippen LogP contribution < -0.4 is 5.32 Å². The van der Waals surface area contributed by atoms with Gasteiger partial charge in [0.15, 0.2) is 9.84 Å². The van der Waals surface area contributed by atoms with Crippen LogP contribution in [-0.4, -0.2) is 68.9 Å². The molecule has 1 heterocycles. The molecule has 1 fully saturated rings. The number of hydrogen-bond acceptors (Lipinski definition) is 6. The molecule has 1 saturated heterocycles. The van der Waals surface area contributed by atoms with Gasteiger partial charge in [0.1, 0.15) is 11.6 Å². The second-order valence-electron chi connectivity index (χ2n) is 7.67. The number of amides is 1. The molecule has 1 amide bonds. The average Bonchev–Trinajstić information content (AvgIpc) is 3.02. The van der Waals surface area contributed by atoms with E-state index < -0.39 is 15.7 Å². The molecule has 1 atom stereocenters. The van der Waals surface area contributed by atoms with Crippen molar-refractivity contribution in [3.63, 3.8) is 0 Å². The molecule has 0 bridgehead atoms. The third-order valence-electron chi connectivity index (χ3n) is 5.12. The third kappa shape index (κ3) is 6.31. The lowest BCUT2D eigenvalue weighted by Gasteiger charge is -2.28. The van der Waals surface area contributed by atoms with Gasteiger partial charge in [-0.05, 0) is 45.0 Å². The summed E-state index contributed by atoms with van der Waals surface area (Å²) in [7, 11) is 0.780. The Hall–Kier alpha value is -2.37. The average molecular weight is 419 g/mol. The van der Waals surface area contributed by atoms with Crippen molar-refractivity contribution in [1.29, 1.82) is 5.26 Å². The fourth-order valence-electron chi connectivity index (χ4n) is 3.39. The lowest BCUT2D eigenvalue weighted by Crippen LogP contribution is -2.37. The minimum atomic E-state index is -3.07. The zero-order valence-corrected chi connectivity index (χ0v) is 18.4. The number of nitrogens with zero attached hydrogens (tertiary/aromatic N) is 3. The van der Waals surface area contributed by atoms with Crippen molar-refractivity contribution in [2.75, 3.05) is 44.0 Å². The summed E-state index contributed by atoms with van der Waals surface area (Å²) >= 11 is 0. The molecule has 1 aliphatic heterocycles. The monoisotopic (exact) mass is 418 g/mol. The molecule has 1 aromatic carbocycles. The summed E-state index contributed by atoms with van der Waals surface area (Å²) in [5, 5.41) is 12.5. The Balaban J connectivity index is 2.27. The smallest absolute Gasteiger partial charge is 0.267 e. The highest BCUT2D eigenvalue weighted by Gasteiger charge is 2.31. The van der Waals surface area contributed by atoms with E-state index in [9.17, 15) is 18.5 Å². The van der Waals surface area contributed by atoms with Gasteiger partial charge in [-0.1, -0.05) is 25.1 Å². The molecular weight excluding hydrogens is 388 g/mol. The molecule has 0 spiro atoms. The van der Waals surface area contributed by atoms with Crippen molar-refractivity contribution in [1.82, 2.24) is 9.80 Å². The van der Waals surface area contributed by atoms with Crippen LogP contribution in [0.3, 0.4) is 0 Å². The third-order valence-corrected chi connectivity index (χ3v) is 6.87. The first-order valence-electron chi connectivity index (χ1n) is 9.79. The maximum atomic E-state index is 12.8. The molecule has 158 valence electrons. The van der Waals surface area contributed by atoms with E-state index in [1.807, 2.05) is 62.0 Å². The van der Waals surface area contributed by atoms with Gasteiger partial charge < -0.3 is 15.1 Å². The Morgan fingerprint density at radius 2 is 2.07 bits per heavy atom. The number of nitriles is 1. The first-order chi connectivity index (χ1) is 13.7. The maximum Gasteiger partial charge on any atom is 0.267 e. The molecule has 0 aliphatic carbocycles. The van der Waals surface area contributed by atoms with Crippen LogP contribution in [0, 0.1) is 18.3 Å². The van der Waals surface area contributed by atoms with Crippen LogP contribution in [0.4, 0.5) is 5.69 Å². The minimum Gasteiger partial charge on any atom is -0.371 e. The van der Waals surface area contributed by atoms with Crippen LogP contribution in [0.1, 0.15) is 24.5 Å². The van der Waals surface area contributed by atoms with Crippen molar-refractivity contribution in [2.45, 2.75) is 32.7 Å². The van der Waals surface area contributed by atoms with Gasteiger partial charge in [0.2, 0.25) is 0 Å². The molecule has 0 aromatic heterocycles. The predicted octanol–water partition coefficient (Wildman–Crippen LogP) is 1.95. The number of hydrogen-bond donors (Lipinski definition) is 1. The van der Waals surface area contributed by atoms with Gasteiger partial charge in [-0.15, -0.1) is 0 Å². The van der Waals surface area contributed by atoms with Gasteiger partial charge in [0.25, 0.3) is 5.91 Å². The topological polar surface area (TPSA) is 93.5 Å². The number of rotatable bonds is 8. The summed E-state index contributed by atoms with van der Waals surface area (Å²) in [5.74, 6) is -0.289. The molecule has 29 heavy (non-hydrogen) atoms. The number of carbonyl (C=O) groups excluding carboxylic acids is 1. The molecule has 1 aliphatic rings. The molecule has 1 N–H and O–H groups in total. The highest BCUT2D eigenvalue weighted by molar-refractivity contribution is 7.91. The summed E-state index contributed by atoms with van der Waals surface area (Å²) in [5.41, 5.74) is 2.63. The number of carbonyl (C=O) groups is 1. The quantitative estimate of drug-likeness (QED) is 0.512. The Kier molecular flexibility index (Phi) is 7.82. The Morgan fingerprint density at radius 3 is 2.62 bits per heavy atom. The van der Waals surface area contributed by atoms with Crippen LogP contribution in [0.25, 0.3) is 0 Å². The summed E-state index contributed by atoms with van der Waals surface area (Å²) in [6.07, 6.45) is 2.79. The standard InChI is InChI=1S/C21H30N4O3S/c1-5-17-8-6-7-16(2)20(17)23-21(26)18(13-22)14-25(11-10-24(3)4)19-9-12-29(27,28)15-19/h6-8,14,19H,5,9-12,15H2,1-4H3,(H,23,26)/b18-14-. The van der Waals surface area contributed by atoms with Crippen LogP contribution in [0.5, 0.6) is 0 Å². The Labute approximate surface area is 173 Å². The van der Waals surface area contributed by atoms with E-state index >= 15 is 0 Å². The van der Waals surface area contributed by atoms with E-state index in [1.54, 1.807) is 0 Å². The molecule has 7 nitrogen and oxygen atoms in total. The lowest BCUT2D eigenvalue weighted by molar-refractivity contribution is -0.112. The van der Waals surface area contributed by atoms with E-state index in [0.717, 1.165) is 23.2 Å². The Morgan fingerprint density at radius 1 is 1.34 bits per heavy atom. The Bertz CT molecular complexity index is 916. The number of sulfone groups is 1. The van der Waals surface area contributed by atoms with Gasteiger partial charge in [0.05, 0.1) is 11.5 Å². The van der Waals surface area contributed by atoms with Crippen molar-refractivity contribution < 1.29 is 13.2 Å². The van der Waals surface area contributed by atoms with Crippen LogP contribution >= 0.6 is 0 Å². The highest BCUT2D eigenvalue weighted by atomic mass is 32.2. The van der Waals surface area contributed by atoms with Gasteiger partial charge in [0, 0.05) is 31.0 Å². The van der Waals surface area contributed by atoms with E-state index in [1.165, 1.54) is 6.20 Å². The first kappa shape index (κ1) is 22.9. The summed E-state index contributed by atoms with van der Waals surface area (Å²) < 4.78 is 23.8. The fraction of sp³-hybridized carbons (Fsp3) is 0.524. The second-order valence-corrected chi connectivity index (χ2v) is 9.90. The van der Waals surface area contributed by atoms with Gasteiger partial charge in [-0.2, -0.15) is 5.26 Å². The zero-order chi connectivity index (χ0) is 21.6. The fourth-order valence-corrected chi connectivity index (χ4v) is 5.13. The van der Waals surface area contributed by atoms with Crippen molar-refractivity contribution in [3.8, 4) is 6.07 Å². The minimum absolute atomic E-state index is 0.0293. The van der Waals surface area contributed by atoms with Crippen molar-refractivity contribution in [2.24, 2.45) is 0 Å². The molecule has 2 rings (SSSR count). The maximum absolute atomic E-state index is 12.8. The van der Waals surface area contributed by atoms with E-state index in [4.69, 9.17) is 0 Å².